The molecule has 0 bridgehead atoms. The summed E-state index contributed by atoms with van der Waals surface area (Å²) in [5.41, 5.74) is -0.225. The number of anilines is 1. The Morgan fingerprint density at radius 2 is 1.72 bits per heavy atom. The van der Waals surface area contributed by atoms with Gasteiger partial charge in [0.1, 0.15) is 22.8 Å². The highest BCUT2D eigenvalue weighted by Gasteiger charge is 2.64. The Kier molecular flexibility index (Phi) is 6.60. The van der Waals surface area contributed by atoms with Gasteiger partial charge in [0.05, 0.1) is 11.6 Å². The van der Waals surface area contributed by atoms with Crippen LogP contribution in [-0.2, 0) is 27.2 Å². The quantitative estimate of drug-likeness (QED) is 0.369. The average Bonchev–Trinajstić information content (AvgIpc) is 3.66. The van der Waals surface area contributed by atoms with Crippen LogP contribution in [-0.4, -0.2) is 82.5 Å². The first-order chi connectivity index (χ1) is 20.1. The zero-order valence-electron chi connectivity index (χ0n) is 25.6. The van der Waals surface area contributed by atoms with Crippen LogP contribution in [0.3, 0.4) is 0 Å². The molecule has 4 aliphatic carbocycles. The fraction of sp³-hybridized carbons (Fsp3) is 0.500. The molecule has 4 aliphatic rings. The average molecular weight is 589 g/mol. The van der Waals surface area contributed by atoms with Crippen molar-refractivity contribution in [3.05, 3.63) is 51.8 Å². The number of nitrogens with zero attached hydrogens (tertiary/aromatic N) is 2. The van der Waals surface area contributed by atoms with E-state index in [0.29, 0.717) is 16.4 Å². The highest BCUT2D eigenvalue weighted by Crippen LogP contribution is 2.55. The molecule has 0 heterocycles. The minimum Gasteiger partial charge on any atom is -0.508 e. The van der Waals surface area contributed by atoms with E-state index in [1.807, 2.05) is 31.1 Å². The molecule has 0 radical (unpaired) electrons. The molecule has 228 valence electrons. The van der Waals surface area contributed by atoms with Gasteiger partial charge >= 0.3 is 0 Å². The summed E-state index contributed by atoms with van der Waals surface area (Å²) in [4.78, 5) is 43.6. The number of phenols is 1. The summed E-state index contributed by atoms with van der Waals surface area (Å²) in [6.07, 6.45) is 4.70. The van der Waals surface area contributed by atoms with Gasteiger partial charge in [-0.3, -0.25) is 19.3 Å². The van der Waals surface area contributed by atoms with Crippen molar-refractivity contribution in [3.63, 3.8) is 0 Å². The first kappa shape index (κ1) is 29.4. The number of benzene rings is 2. The number of carbonyl (C=O) groups excluding carboxylic acids is 3. The predicted octanol–water partition coefficient (Wildman–Crippen LogP) is 4.02. The summed E-state index contributed by atoms with van der Waals surface area (Å²) in [7, 11) is 7.03. The molecule has 0 unspecified atom stereocenters. The molecule has 9 nitrogen and oxygen atoms in total. The number of Topliss-reactive ketones (excluding diaryl/α,β-unsaturated/α-hetero) is 3. The van der Waals surface area contributed by atoms with Crippen molar-refractivity contribution in [2.45, 2.75) is 64.0 Å². The van der Waals surface area contributed by atoms with Crippen LogP contribution in [0.4, 0.5) is 5.69 Å². The number of hydrogen-bond acceptors (Lipinski definition) is 9. The van der Waals surface area contributed by atoms with Gasteiger partial charge in [0.25, 0.3) is 0 Å². The van der Waals surface area contributed by atoms with Crippen LogP contribution in [0.2, 0.25) is 0 Å². The maximum atomic E-state index is 14.2. The third kappa shape index (κ3) is 4.15. The minimum atomic E-state index is -2.58. The van der Waals surface area contributed by atoms with E-state index < -0.39 is 57.9 Å². The van der Waals surface area contributed by atoms with E-state index >= 15 is 0 Å². The fourth-order valence-electron chi connectivity index (χ4n) is 7.82. The molecule has 2 saturated carbocycles. The van der Waals surface area contributed by atoms with Crippen molar-refractivity contribution < 1.29 is 34.8 Å². The molecule has 2 aromatic carbocycles. The standard InChI is InChI=1S/C34H40N2O7/c1-16(37)23-30(40)27(36(5)6)22-15-18-14-21-25(29(39)24(18)32(42)34(22,43)31(23)41)28(38)20-13-17(9-10-33(2)11-12-33)7-8-19(20)26(21)35(3)4/h7-8,13,18,22,27,38-39,41,43H,9-12,14-15H2,1-6H3/t18-,22-,27-,34+/m0/s1. The summed E-state index contributed by atoms with van der Waals surface area (Å²) < 4.78 is 0. The van der Waals surface area contributed by atoms with Gasteiger partial charge in [-0.2, -0.15) is 0 Å². The van der Waals surface area contributed by atoms with Crippen molar-refractivity contribution >= 4 is 39.6 Å². The lowest BCUT2D eigenvalue weighted by Crippen LogP contribution is -2.65. The number of aliphatic hydroxyl groups is 3. The van der Waals surface area contributed by atoms with Crippen LogP contribution in [0.15, 0.2) is 35.1 Å². The van der Waals surface area contributed by atoms with Gasteiger partial charge in [-0.1, -0.05) is 19.1 Å². The number of aromatic hydroxyl groups is 1. The molecular weight excluding hydrogens is 548 g/mol. The van der Waals surface area contributed by atoms with Crippen molar-refractivity contribution in [2.75, 3.05) is 33.1 Å². The third-order valence-corrected chi connectivity index (χ3v) is 10.4. The van der Waals surface area contributed by atoms with Crippen LogP contribution >= 0.6 is 0 Å². The van der Waals surface area contributed by atoms with E-state index in [1.54, 1.807) is 19.0 Å². The zero-order valence-corrected chi connectivity index (χ0v) is 25.6. The van der Waals surface area contributed by atoms with Gasteiger partial charge in [0, 0.05) is 42.0 Å². The van der Waals surface area contributed by atoms with Gasteiger partial charge in [0.2, 0.25) is 5.78 Å². The Morgan fingerprint density at radius 1 is 1.05 bits per heavy atom. The normalized spacial score (nSPS) is 27.8. The van der Waals surface area contributed by atoms with Crippen molar-refractivity contribution in [2.24, 2.45) is 17.3 Å². The second-order valence-electron chi connectivity index (χ2n) is 13.8. The Bertz CT molecular complexity index is 1680. The first-order valence-electron chi connectivity index (χ1n) is 15.0. The number of aliphatic hydroxyl groups excluding tert-OH is 2. The summed E-state index contributed by atoms with van der Waals surface area (Å²) >= 11 is 0. The predicted molar refractivity (Wildman–Crippen MR) is 163 cm³/mol. The summed E-state index contributed by atoms with van der Waals surface area (Å²) in [6, 6.07) is 4.99. The number of hydrogen-bond donors (Lipinski definition) is 4. The fourth-order valence-corrected chi connectivity index (χ4v) is 7.82. The molecule has 0 amide bonds. The topological polar surface area (TPSA) is 139 Å². The lowest BCUT2D eigenvalue weighted by atomic mass is 9.57. The summed E-state index contributed by atoms with van der Waals surface area (Å²) in [5, 5.41) is 47.9. The van der Waals surface area contributed by atoms with Crippen molar-refractivity contribution in [1.29, 1.82) is 0 Å². The maximum Gasteiger partial charge on any atom is 0.202 e. The molecule has 6 rings (SSSR count). The Balaban J connectivity index is 1.55. The van der Waals surface area contributed by atoms with Gasteiger partial charge in [-0.05, 0) is 88.1 Å². The largest absolute Gasteiger partial charge is 0.508 e. The van der Waals surface area contributed by atoms with Crippen LogP contribution in [0, 0.1) is 17.3 Å². The maximum absolute atomic E-state index is 14.2. The number of carbonyl (C=O) groups is 3. The number of rotatable bonds is 6. The second kappa shape index (κ2) is 9.66. The number of likely N-dealkylation sites (N-methyl/N-ethyl adjacent to an activating group) is 1. The molecule has 0 spiro atoms. The number of phenolic OH excluding ortho intramolecular Hbond substituents is 1. The highest BCUT2D eigenvalue weighted by atomic mass is 16.3. The molecule has 0 saturated heterocycles. The molecule has 4 N–H and O–H groups in total. The Labute approximate surface area is 251 Å². The molecule has 43 heavy (non-hydrogen) atoms. The SMILES string of the molecule is CC(=O)C1=C(O)[C@@]2(O)C(=O)C3=C(O)c4c(c(N(C)C)c5ccc(CCC6(C)CC6)cc5c4O)C[C@H]3C[C@H]2[C@H](N(C)C)C1=O. The minimum absolute atomic E-state index is 0.0915. The van der Waals surface area contributed by atoms with E-state index in [-0.39, 0.29) is 29.7 Å². The molecule has 0 aliphatic heterocycles. The lowest BCUT2D eigenvalue weighted by Gasteiger charge is -2.50. The summed E-state index contributed by atoms with van der Waals surface area (Å²) in [6.45, 7) is 3.39. The van der Waals surface area contributed by atoms with E-state index in [2.05, 4.69) is 13.0 Å². The van der Waals surface area contributed by atoms with E-state index in [4.69, 9.17) is 0 Å². The molecule has 0 aromatic heterocycles. The lowest BCUT2D eigenvalue weighted by molar-refractivity contribution is -0.153. The van der Waals surface area contributed by atoms with Crippen LogP contribution in [0.25, 0.3) is 16.5 Å². The molecular formula is C34H40N2O7. The van der Waals surface area contributed by atoms with Crippen LogP contribution < -0.4 is 4.90 Å². The van der Waals surface area contributed by atoms with Gasteiger partial charge in [0.15, 0.2) is 17.2 Å². The van der Waals surface area contributed by atoms with Gasteiger partial charge in [-0.25, -0.2) is 0 Å². The van der Waals surface area contributed by atoms with E-state index in [9.17, 15) is 34.8 Å². The first-order valence-corrected chi connectivity index (χ1v) is 15.0. The third-order valence-electron chi connectivity index (χ3n) is 10.4. The van der Waals surface area contributed by atoms with Crippen LogP contribution in [0.1, 0.15) is 56.2 Å². The number of fused-ring (bicyclic) bond motifs is 4. The number of aryl methyl sites for hydroxylation is 1. The van der Waals surface area contributed by atoms with E-state index in [1.165, 1.54) is 12.8 Å². The Morgan fingerprint density at radius 3 is 2.30 bits per heavy atom. The Hall–Kier alpha value is -3.69. The highest BCUT2D eigenvalue weighted by molar-refractivity contribution is 6.25. The monoisotopic (exact) mass is 588 g/mol. The van der Waals surface area contributed by atoms with Gasteiger partial charge in [-0.15, -0.1) is 0 Å². The van der Waals surface area contributed by atoms with Crippen molar-refractivity contribution in [3.8, 4) is 5.75 Å². The molecule has 9 heteroatoms. The van der Waals surface area contributed by atoms with E-state index in [0.717, 1.165) is 36.4 Å². The smallest absolute Gasteiger partial charge is 0.202 e. The van der Waals surface area contributed by atoms with Crippen LogP contribution in [0.5, 0.6) is 5.75 Å². The van der Waals surface area contributed by atoms with Crippen molar-refractivity contribution in [1.82, 2.24) is 4.90 Å². The number of ketones is 3. The van der Waals surface area contributed by atoms with Gasteiger partial charge < -0.3 is 25.3 Å². The zero-order chi connectivity index (χ0) is 31.3. The summed E-state index contributed by atoms with van der Waals surface area (Å²) in [5.74, 6) is -5.56. The molecule has 2 fully saturated rings. The second-order valence-corrected chi connectivity index (χ2v) is 13.8. The molecule has 4 atom stereocenters. The molecule has 2 aromatic rings.